The van der Waals surface area contributed by atoms with Crippen LogP contribution >= 0.6 is 15.9 Å². The number of phenolic OH excluding ortho intramolecular Hbond substituents is 1. The number of aromatic nitrogens is 3. The summed E-state index contributed by atoms with van der Waals surface area (Å²) in [7, 11) is 0. The zero-order valence-electron chi connectivity index (χ0n) is 17.0. The largest absolute Gasteiger partial charge is 0.507 e. The molecule has 0 aliphatic heterocycles. The molecule has 0 aliphatic rings. The summed E-state index contributed by atoms with van der Waals surface area (Å²) in [5.41, 5.74) is 9.11. The summed E-state index contributed by atoms with van der Waals surface area (Å²) >= 11 is 3.38. The van der Waals surface area contributed by atoms with E-state index in [1.165, 1.54) is 10.9 Å². The number of fused-ring (bicyclic) bond motifs is 2. The molecule has 8 nitrogen and oxygen atoms in total. The van der Waals surface area contributed by atoms with Crippen LogP contribution in [0.25, 0.3) is 22.2 Å². The molecule has 2 aromatic heterocycles. The van der Waals surface area contributed by atoms with Crippen molar-refractivity contribution in [3.63, 3.8) is 0 Å². The zero-order chi connectivity index (χ0) is 22.1. The first kappa shape index (κ1) is 20.8. The molecule has 2 heterocycles. The number of para-hydroxylation sites is 2. The molecule has 0 radical (unpaired) electrons. The molecule has 158 valence electrons. The van der Waals surface area contributed by atoms with E-state index >= 15 is 0 Å². The Morgan fingerprint density at radius 3 is 2.71 bits per heavy atom. The second-order valence-electron chi connectivity index (χ2n) is 7.19. The molecule has 2 aromatic carbocycles. The first-order valence-corrected chi connectivity index (χ1v) is 10.6. The molecule has 31 heavy (non-hydrogen) atoms. The fourth-order valence-corrected chi connectivity index (χ4v) is 3.51. The molecule has 4 aromatic rings. The normalized spacial score (nSPS) is 12.6. The van der Waals surface area contributed by atoms with Crippen LogP contribution in [0, 0.1) is 0 Å². The summed E-state index contributed by atoms with van der Waals surface area (Å²) in [6.07, 6.45) is 2.24. The van der Waals surface area contributed by atoms with E-state index in [0.29, 0.717) is 27.8 Å². The molecule has 4 rings (SSSR count). The van der Waals surface area contributed by atoms with Gasteiger partial charge in [-0.25, -0.2) is 9.97 Å². The summed E-state index contributed by atoms with van der Waals surface area (Å²) in [6.45, 7) is 3.90. The van der Waals surface area contributed by atoms with Crippen molar-refractivity contribution in [1.29, 1.82) is 0 Å². The van der Waals surface area contributed by atoms with E-state index in [-0.39, 0.29) is 29.1 Å². The molecule has 1 amide bonds. The van der Waals surface area contributed by atoms with E-state index in [0.717, 1.165) is 10.9 Å². The number of anilines is 1. The van der Waals surface area contributed by atoms with Crippen molar-refractivity contribution >= 4 is 56.1 Å². The number of rotatable bonds is 5. The van der Waals surface area contributed by atoms with Crippen molar-refractivity contribution in [1.82, 2.24) is 20.0 Å². The number of nitrogens with zero attached hydrogens (tertiary/aromatic N) is 4. The van der Waals surface area contributed by atoms with Crippen LogP contribution in [0.5, 0.6) is 5.75 Å². The number of aromatic hydroxyl groups is 1. The standard InChI is InChI=1S/C22H21BrN6O2/c1-3-12(2)26-22(31)18-19-21(28-16-7-5-4-6-15(16)27-19)29(20(18)24)25-11-13-10-14(23)8-9-17(13)30/h4-12,30H,3,24H2,1-2H3,(H,26,31)/b25-11+/t12-/m0/s1. The van der Waals surface area contributed by atoms with Crippen molar-refractivity contribution in [2.75, 3.05) is 5.73 Å². The maximum Gasteiger partial charge on any atom is 0.257 e. The van der Waals surface area contributed by atoms with E-state index in [1.807, 2.05) is 38.1 Å². The molecule has 1 atom stereocenters. The number of hydrogen-bond donors (Lipinski definition) is 3. The summed E-state index contributed by atoms with van der Waals surface area (Å²) in [5, 5.41) is 17.5. The van der Waals surface area contributed by atoms with Crippen LogP contribution in [-0.4, -0.2) is 37.9 Å². The van der Waals surface area contributed by atoms with Crippen molar-refractivity contribution in [3.8, 4) is 5.75 Å². The Hall–Kier alpha value is -3.46. The average molecular weight is 481 g/mol. The summed E-state index contributed by atoms with van der Waals surface area (Å²) in [4.78, 5) is 22.3. The lowest BCUT2D eigenvalue weighted by Gasteiger charge is -2.11. The summed E-state index contributed by atoms with van der Waals surface area (Å²) < 4.78 is 2.16. The van der Waals surface area contributed by atoms with E-state index in [9.17, 15) is 9.90 Å². The smallest absolute Gasteiger partial charge is 0.257 e. The van der Waals surface area contributed by atoms with Gasteiger partial charge in [0, 0.05) is 16.1 Å². The Morgan fingerprint density at radius 1 is 1.29 bits per heavy atom. The zero-order valence-corrected chi connectivity index (χ0v) is 18.6. The third kappa shape index (κ3) is 3.96. The lowest BCUT2D eigenvalue weighted by atomic mass is 10.2. The average Bonchev–Trinajstić information content (AvgIpc) is 3.02. The van der Waals surface area contributed by atoms with Crippen molar-refractivity contribution < 1.29 is 9.90 Å². The second kappa shape index (κ2) is 8.35. The van der Waals surface area contributed by atoms with Gasteiger partial charge in [-0.2, -0.15) is 9.78 Å². The Bertz CT molecular complexity index is 1330. The van der Waals surface area contributed by atoms with Crippen LogP contribution in [0.2, 0.25) is 0 Å². The van der Waals surface area contributed by atoms with Gasteiger partial charge in [-0.15, -0.1) is 0 Å². The maximum atomic E-state index is 13.0. The van der Waals surface area contributed by atoms with Gasteiger partial charge in [0.25, 0.3) is 5.91 Å². The summed E-state index contributed by atoms with van der Waals surface area (Å²) in [6, 6.07) is 12.3. The second-order valence-corrected chi connectivity index (χ2v) is 8.10. The van der Waals surface area contributed by atoms with Crippen LogP contribution < -0.4 is 11.1 Å². The lowest BCUT2D eigenvalue weighted by molar-refractivity contribution is 0.0941. The van der Waals surface area contributed by atoms with Crippen LogP contribution in [0.3, 0.4) is 0 Å². The van der Waals surface area contributed by atoms with E-state index in [2.05, 4.69) is 36.3 Å². The van der Waals surface area contributed by atoms with Gasteiger partial charge in [0.15, 0.2) is 5.65 Å². The molecule has 0 unspecified atom stereocenters. The first-order valence-electron chi connectivity index (χ1n) is 9.79. The van der Waals surface area contributed by atoms with E-state index < -0.39 is 0 Å². The molecular formula is C22H21BrN6O2. The van der Waals surface area contributed by atoms with Gasteiger partial charge in [-0.05, 0) is 43.7 Å². The minimum Gasteiger partial charge on any atom is -0.507 e. The Morgan fingerprint density at radius 2 is 2.00 bits per heavy atom. The number of carbonyl (C=O) groups is 1. The van der Waals surface area contributed by atoms with Gasteiger partial charge >= 0.3 is 0 Å². The van der Waals surface area contributed by atoms with Crippen molar-refractivity contribution in [2.24, 2.45) is 5.10 Å². The van der Waals surface area contributed by atoms with E-state index in [4.69, 9.17) is 5.73 Å². The van der Waals surface area contributed by atoms with Crippen LogP contribution in [-0.2, 0) is 0 Å². The number of nitrogens with two attached hydrogens (primary N) is 1. The van der Waals surface area contributed by atoms with Crippen LogP contribution in [0.1, 0.15) is 36.2 Å². The first-order chi connectivity index (χ1) is 14.9. The number of carbonyl (C=O) groups excluding carboxylic acids is 1. The molecule has 0 saturated heterocycles. The van der Waals surface area contributed by atoms with Gasteiger partial charge in [-0.3, -0.25) is 4.79 Å². The predicted octanol–water partition coefficient (Wildman–Crippen LogP) is 4.05. The van der Waals surface area contributed by atoms with Crippen LogP contribution in [0.15, 0.2) is 52.0 Å². The number of nitrogens with one attached hydrogen (secondary N) is 1. The third-order valence-corrected chi connectivity index (χ3v) is 5.49. The highest BCUT2D eigenvalue weighted by Crippen LogP contribution is 2.28. The Kier molecular flexibility index (Phi) is 5.60. The van der Waals surface area contributed by atoms with Gasteiger partial charge < -0.3 is 16.2 Å². The van der Waals surface area contributed by atoms with Gasteiger partial charge in [0.05, 0.1) is 17.2 Å². The van der Waals surface area contributed by atoms with Crippen molar-refractivity contribution in [3.05, 3.63) is 58.1 Å². The molecule has 0 saturated carbocycles. The minimum atomic E-state index is -0.333. The number of halogens is 1. The van der Waals surface area contributed by atoms with Crippen molar-refractivity contribution in [2.45, 2.75) is 26.3 Å². The number of benzene rings is 2. The molecule has 0 spiro atoms. The quantitative estimate of drug-likeness (QED) is 0.372. The topological polar surface area (TPSA) is 118 Å². The SMILES string of the molecule is CC[C@H](C)NC(=O)c1c(N)n(/N=C/c2cc(Br)ccc2O)c2nc3ccccc3nc12. The third-order valence-electron chi connectivity index (χ3n) is 4.99. The fourth-order valence-electron chi connectivity index (χ4n) is 3.13. The number of amides is 1. The number of hydrogen-bond acceptors (Lipinski definition) is 6. The van der Waals surface area contributed by atoms with Gasteiger partial charge in [0.1, 0.15) is 22.6 Å². The van der Waals surface area contributed by atoms with Gasteiger partial charge in [0.2, 0.25) is 0 Å². The Labute approximate surface area is 186 Å². The maximum absolute atomic E-state index is 13.0. The fraction of sp³-hybridized carbons (Fsp3) is 0.182. The number of nitrogen functional groups attached to an aromatic ring is 1. The van der Waals surface area contributed by atoms with Gasteiger partial charge in [-0.1, -0.05) is 35.0 Å². The summed E-state index contributed by atoms with van der Waals surface area (Å²) in [5.74, 6) is -0.147. The minimum absolute atomic E-state index is 0.0270. The molecule has 4 N–H and O–H groups in total. The molecule has 0 aliphatic carbocycles. The van der Waals surface area contributed by atoms with E-state index in [1.54, 1.807) is 18.2 Å². The highest BCUT2D eigenvalue weighted by Gasteiger charge is 2.24. The molecule has 0 fully saturated rings. The number of phenols is 1. The molecular weight excluding hydrogens is 460 g/mol. The molecule has 0 bridgehead atoms. The highest BCUT2D eigenvalue weighted by atomic mass is 79.9. The highest BCUT2D eigenvalue weighted by molar-refractivity contribution is 9.10. The predicted molar refractivity (Wildman–Crippen MR) is 125 cm³/mol. The monoisotopic (exact) mass is 480 g/mol. The van der Waals surface area contributed by atoms with Crippen LogP contribution in [0.4, 0.5) is 5.82 Å². The molecule has 9 heteroatoms. The Balaban J connectivity index is 1.92. The lowest BCUT2D eigenvalue weighted by Crippen LogP contribution is -2.32.